The zero-order chi connectivity index (χ0) is 17.0. The first-order valence-corrected chi connectivity index (χ1v) is 6.86. The minimum atomic E-state index is -4.41. The molecule has 122 valence electrons. The van der Waals surface area contributed by atoms with Crippen LogP contribution in [0.4, 0.5) is 13.2 Å². The predicted octanol–water partition coefficient (Wildman–Crippen LogP) is 4.67. The highest BCUT2D eigenvalue weighted by Crippen LogP contribution is 2.31. The minimum Gasteiger partial charge on any atom is -0.493 e. The van der Waals surface area contributed by atoms with Crippen molar-refractivity contribution in [1.29, 1.82) is 0 Å². The molecule has 0 aliphatic rings. The lowest BCUT2D eigenvalue weighted by atomic mass is 10.1. The average molecular weight is 345 g/mol. The second-order valence-electron chi connectivity index (χ2n) is 4.63. The molecule has 2 aromatic carbocycles. The zero-order valence-corrected chi connectivity index (χ0v) is 12.7. The van der Waals surface area contributed by atoms with Crippen LogP contribution in [-0.4, -0.2) is 12.4 Å². The second-order valence-corrected chi connectivity index (χ2v) is 4.97. The van der Waals surface area contributed by atoms with E-state index in [1.807, 2.05) is 0 Å². The normalized spacial score (nSPS) is 11.2. The van der Waals surface area contributed by atoms with Gasteiger partial charge in [-0.1, -0.05) is 12.1 Å². The molecular weight excluding hydrogens is 333 g/mol. The molecule has 0 spiro atoms. The Hall–Kier alpha value is -2.21. The van der Waals surface area contributed by atoms with Crippen molar-refractivity contribution in [2.24, 2.45) is 0 Å². The molecule has 23 heavy (non-hydrogen) atoms. The van der Waals surface area contributed by atoms with E-state index in [9.17, 15) is 18.0 Å². The molecule has 2 rings (SSSR count). The number of hydrogen-bond donors (Lipinski definition) is 0. The van der Waals surface area contributed by atoms with Gasteiger partial charge in [0.1, 0.15) is 6.61 Å². The molecule has 0 N–H and O–H groups in total. The third-order valence-corrected chi connectivity index (χ3v) is 3.26. The number of ether oxygens (including phenoxy) is 2. The maximum atomic E-state index is 12.7. The van der Waals surface area contributed by atoms with Gasteiger partial charge >= 0.3 is 6.18 Å². The number of carbonyl (C=O) groups is 1. The van der Waals surface area contributed by atoms with Crippen molar-refractivity contribution in [1.82, 2.24) is 0 Å². The van der Waals surface area contributed by atoms with Gasteiger partial charge in [0.25, 0.3) is 5.24 Å². The van der Waals surface area contributed by atoms with Crippen molar-refractivity contribution in [2.75, 3.05) is 7.11 Å². The van der Waals surface area contributed by atoms with Gasteiger partial charge < -0.3 is 9.47 Å². The first-order valence-electron chi connectivity index (χ1n) is 6.48. The fraction of sp³-hybridized carbons (Fsp3) is 0.188. The van der Waals surface area contributed by atoms with E-state index >= 15 is 0 Å². The Bertz CT molecular complexity index is 714. The van der Waals surface area contributed by atoms with Crippen LogP contribution in [0.25, 0.3) is 0 Å². The Kier molecular flexibility index (Phi) is 5.15. The summed E-state index contributed by atoms with van der Waals surface area (Å²) in [6.45, 7) is -0.0750. The highest BCUT2D eigenvalue weighted by molar-refractivity contribution is 6.67. The Labute approximate surface area is 135 Å². The van der Waals surface area contributed by atoms with E-state index in [0.717, 1.165) is 12.1 Å². The van der Waals surface area contributed by atoms with Gasteiger partial charge in [-0.25, -0.2) is 0 Å². The summed E-state index contributed by atoms with van der Waals surface area (Å²) in [5, 5.41) is -0.646. The van der Waals surface area contributed by atoms with E-state index in [1.165, 1.54) is 37.4 Å². The highest BCUT2D eigenvalue weighted by Gasteiger charge is 2.30. The fourth-order valence-corrected chi connectivity index (χ4v) is 2.03. The summed E-state index contributed by atoms with van der Waals surface area (Å²) >= 11 is 5.38. The quantitative estimate of drug-likeness (QED) is 0.739. The van der Waals surface area contributed by atoms with Gasteiger partial charge in [0.2, 0.25) is 0 Å². The van der Waals surface area contributed by atoms with Crippen LogP contribution in [0.3, 0.4) is 0 Å². The van der Waals surface area contributed by atoms with Crippen molar-refractivity contribution in [2.45, 2.75) is 12.8 Å². The van der Waals surface area contributed by atoms with Gasteiger partial charge in [-0.15, -0.1) is 0 Å². The molecule has 0 atom stereocenters. The molecule has 0 fully saturated rings. The van der Waals surface area contributed by atoms with E-state index in [1.54, 1.807) is 0 Å². The number of carbonyl (C=O) groups excluding carboxylic acids is 1. The minimum absolute atomic E-state index is 0.0750. The van der Waals surface area contributed by atoms with Crippen molar-refractivity contribution in [3.05, 3.63) is 59.2 Å². The molecule has 0 aliphatic carbocycles. The number of methoxy groups -OCH3 is 1. The van der Waals surface area contributed by atoms with E-state index in [2.05, 4.69) is 0 Å². The molecule has 0 unspecified atom stereocenters. The van der Waals surface area contributed by atoms with Gasteiger partial charge in [-0.05, 0) is 47.5 Å². The van der Waals surface area contributed by atoms with Crippen LogP contribution in [0, 0.1) is 0 Å². The smallest absolute Gasteiger partial charge is 0.416 e. The van der Waals surface area contributed by atoms with Crippen LogP contribution in [-0.2, 0) is 12.8 Å². The first kappa shape index (κ1) is 17.1. The van der Waals surface area contributed by atoms with Crippen LogP contribution < -0.4 is 9.47 Å². The summed E-state index contributed by atoms with van der Waals surface area (Å²) in [7, 11) is 1.38. The Morgan fingerprint density at radius 3 is 2.48 bits per heavy atom. The number of alkyl halides is 3. The molecule has 0 aromatic heterocycles. The van der Waals surface area contributed by atoms with Gasteiger partial charge in [-0.2, -0.15) is 13.2 Å². The molecule has 0 radical (unpaired) electrons. The summed E-state index contributed by atoms with van der Waals surface area (Å²) in [6.07, 6.45) is -4.41. The molecule has 0 heterocycles. The molecule has 0 amide bonds. The number of benzene rings is 2. The third kappa shape index (κ3) is 4.39. The second kappa shape index (κ2) is 6.91. The molecule has 2 aromatic rings. The maximum absolute atomic E-state index is 12.7. The van der Waals surface area contributed by atoms with Gasteiger partial charge in [0.15, 0.2) is 11.5 Å². The highest BCUT2D eigenvalue weighted by atomic mass is 35.5. The summed E-state index contributed by atoms with van der Waals surface area (Å²) < 4.78 is 48.6. The van der Waals surface area contributed by atoms with Crippen molar-refractivity contribution in [3.8, 4) is 11.5 Å². The molecule has 0 saturated heterocycles. The Morgan fingerprint density at radius 2 is 1.87 bits per heavy atom. The van der Waals surface area contributed by atoms with Gasteiger partial charge in [0.05, 0.1) is 12.7 Å². The molecule has 0 bridgehead atoms. The van der Waals surface area contributed by atoms with E-state index < -0.39 is 17.0 Å². The number of rotatable bonds is 5. The van der Waals surface area contributed by atoms with E-state index in [0.29, 0.717) is 11.3 Å². The van der Waals surface area contributed by atoms with Crippen molar-refractivity contribution >= 4 is 16.8 Å². The molecule has 0 aliphatic heterocycles. The lowest BCUT2D eigenvalue weighted by molar-refractivity contribution is -0.137. The fourth-order valence-electron chi connectivity index (χ4n) is 1.91. The summed E-state index contributed by atoms with van der Waals surface area (Å²) in [4.78, 5) is 11.1. The van der Waals surface area contributed by atoms with Gasteiger partial charge in [0, 0.05) is 5.56 Å². The van der Waals surface area contributed by atoms with Crippen LogP contribution in [0.5, 0.6) is 11.5 Å². The van der Waals surface area contributed by atoms with Crippen LogP contribution >= 0.6 is 11.6 Å². The zero-order valence-electron chi connectivity index (χ0n) is 12.0. The van der Waals surface area contributed by atoms with Crippen LogP contribution in [0.15, 0.2) is 42.5 Å². The summed E-state index contributed by atoms with van der Waals surface area (Å²) in [6, 6.07) is 9.17. The standard InChI is InChI=1S/C16H12ClF3O3/c1-22-14-8-11(15(17)21)5-6-13(14)23-9-10-3-2-4-12(7-10)16(18,19)20/h2-8H,9H2,1H3. The van der Waals surface area contributed by atoms with Gasteiger partial charge in [-0.3, -0.25) is 4.79 Å². The first-order chi connectivity index (χ1) is 10.8. The summed E-state index contributed by atoms with van der Waals surface area (Å²) in [5.74, 6) is 0.565. The van der Waals surface area contributed by atoms with Crippen LogP contribution in [0.2, 0.25) is 0 Å². The lowest BCUT2D eigenvalue weighted by Crippen LogP contribution is -2.06. The van der Waals surface area contributed by atoms with E-state index in [-0.39, 0.29) is 17.9 Å². The number of halogens is 4. The third-order valence-electron chi connectivity index (χ3n) is 3.04. The van der Waals surface area contributed by atoms with E-state index in [4.69, 9.17) is 21.1 Å². The molecule has 7 heteroatoms. The van der Waals surface area contributed by atoms with Crippen molar-refractivity contribution < 1.29 is 27.4 Å². The largest absolute Gasteiger partial charge is 0.493 e. The maximum Gasteiger partial charge on any atom is 0.416 e. The van der Waals surface area contributed by atoms with Crippen molar-refractivity contribution in [3.63, 3.8) is 0 Å². The predicted molar refractivity (Wildman–Crippen MR) is 79.0 cm³/mol. The number of hydrogen-bond acceptors (Lipinski definition) is 3. The SMILES string of the molecule is COc1cc(C(=O)Cl)ccc1OCc1cccc(C(F)(F)F)c1. The monoisotopic (exact) mass is 344 g/mol. The average Bonchev–Trinajstić information content (AvgIpc) is 2.52. The Morgan fingerprint density at radius 1 is 1.13 bits per heavy atom. The Balaban J connectivity index is 2.16. The van der Waals surface area contributed by atoms with Crippen LogP contribution in [0.1, 0.15) is 21.5 Å². The summed E-state index contributed by atoms with van der Waals surface area (Å²) in [5.41, 5.74) is -0.150. The topological polar surface area (TPSA) is 35.5 Å². The molecule has 0 saturated carbocycles. The lowest BCUT2D eigenvalue weighted by Gasteiger charge is -2.12. The molecular formula is C16H12ClF3O3. The molecule has 3 nitrogen and oxygen atoms in total.